The van der Waals surface area contributed by atoms with Crippen LogP contribution in [0.2, 0.25) is 10.0 Å². The number of carbonyl (C=O) groups is 1. The minimum absolute atomic E-state index is 0.0829. The Bertz CT molecular complexity index is 482. The largest absolute Gasteiger partial charge is 0.399 e. The first-order valence-electron chi connectivity index (χ1n) is 6.91. The fourth-order valence-electron chi connectivity index (χ4n) is 2.20. The molecule has 1 aromatic rings. The summed E-state index contributed by atoms with van der Waals surface area (Å²) in [6, 6.07) is 3.16. The van der Waals surface area contributed by atoms with Crippen LogP contribution in [0.25, 0.3) is 0 Å². The van der Waals surface area contributed by atoms with E-state index in [0.29, 0.717) is 27.8 Å². The van der Waals surface area contributed by atoms with E-state index in [-0.39, 0.29) is 5.91 Å². The molecule has 0 spiro atoms. The Morgan fingerprint density at radius 1 is 1.29 bits per heavy atom. The van der Waals surface area contributed by atoms with E-state index in [9.17, 15) is 4.79 Å². The molecule has 0 aliphatic carbocycles. The zero-order chi connectivity index (χ0) is 15.2. The number of carbonyl (C=O) groups excluding carboxylic acids is 1. The number of nitrogen functional groups attached to an aromatic ring is 1. The van der Waals surface area contributed by atoms with Gasteiger partial charge in [0, 0.05) is 31.0 Å². The Hall–Kier alpha value is -0.620. The van der Waals surface area contributed by atoms with Crippen molar-refractivity contribution in [1.29, 1.82) is 0 Å². The van der Waals surface area contributed by atoms with Crippen LogP contribution < -0.4 is 11.1 Å². The van der Waals surface area contributed by atoms with Crippen LogP contribution in [0, 0.1) is 0 Å². The zero-order valence-corrected chi connectivity index (χ0v) is 14.0. The van der Waals surface area contributed by atoms with E-state index in [0.717, 1.165) is 25.4 Å². The number of halogens is 2. The summed E-state index contributed by atoms with van der Waals surface area (Å²) in [4.78, 5) is 14.4. The molecule has 21 heavy (non-hydrogen) atoms. The molecule has 1 aromatic carbocycles. The summed E-state index contributed by atoms with van der Waals surface area (Å²) < 4.78 is 0. The van der Waals surface area contributed by atoms with Gasteiger partial charge in [-0.15, -0.1) is 0 Å². The molecule has 0 unspecified atom stereocenters. The van der Waals surface area contributed by atoms with Gasteiger partial charge >= 0.3 is 0 Å². The second-order valence-corrected chi connectivity index (χ2v) is 7.00. The van der Waals surface area contributed by atoms with Crippen LogP contribution in [0.1, 0.15) is 12.8 Å². The van der Waals surface area contributed by atoms with E-state index in [1.165, 1.54) is 12.2 Å². The molecule has 1 aliphatic rings. The first-order chi connectivity index (χ1) is 10.1. The molecule has 3 N–H and O–H groups in total. The Balaban J connectivity index is 1.87. The van der Waals surface area contributed by atoms with E-state index >= 15 is 0 Å². The predicted octanol–water partition coefficient (Wildman–Crippen LogP) is 3.34. The lowest BCUT2D eigenvalue weighted by molar-refractivity contribution is -0.116. The van der Waals surface area contributed by atoms with Gasteiger partial charge in [0.1, 0.15) is 0 Å². The average molecular weight is 348 g/mol. The van der Waals surface area contributed by atoms with Gasteiger partial charge in [-0.25, -0.2) is 0 Å². The number of amides is 1. The summed E-state index contributed by atoms with van der Waals surface area (Å²) in [5.74, 6) is 2.26. The van der Waals surface area contributed by atoms with Crippen LogP contribution in [-0.2, 0) is 4.79 Å². The van der Waals surface area contributed by atoms with Gasteiger partial charge in [0.15, 0.2) is 0 Å². The number of benzene rings is 1. The van der Waals surface area contributed by atoms with Crippen molar-refractivity contribution in [2.45, 2.75) is 12.8 Å². The van der Waals surface area contributed by atoms with Crippen LogP contribution >= 0.6 is 35.0 Å². The van der Waals surface area contributed by atoms with Crippen molar-refractivity contribution in [3.8, 4) is 0 Å². The third-order valence-electron chi connectivity index (χ3n) is 3.30. The Kier molecular flexibility index (Phi) is 6.48. The first kappa shape index (κ1) is 16.7. The molecule has 1 fully saturated rings. The molecule has 1 aliphatic heterocycles. The van der Waals surface area contributed by atoms with Gasteiger partial charge in [0.05, 0.1) is 15.7 Å². The molecule has 1 amide bonds. The Morgan fingerprint density at radius 2 is 2.00 bits per heavy atom. The van der Waals surface area contributed by atoms with Crippen molar-refractivity contribution in [2.24, 2.45) is 0 Å². The van der Waals surface area contributed by atoms with E-state index in [1.807, 2.05) is 11.8 Å². The molecule has 0 radical (unpaired) electrons. The minimum Gasteiger partial charge on any atom is -0.399 e. The fraction of sp³-hybridized carbons (Fsp3) is 0.500. The first-order valence-corrected chi connectivity index (χ1v) is 8.82. The third kappa shape index (κ3) is 5.25. The Morgan fingerprint density at radius 3 is 2.71 bits per heavy atom. The van der Waals surface area contributed by atoms with E-state index < -0.39 is 0 Å². The maximum absolute atomic E-state index is 12.0. The van der Waals surface area contributed by atoms with Gasteiger partial charge in [0.25, 0.3) is 0 Å². The lowest BCUT2D eigenvalue weighted by Crippen LogP contribution is -2.29. The highest BCUT2D eigenvalue weighted by atomic mass is 35.5. The molecule has 0 atom stereocenters. The molecule has 7 heteroatoms. The van der Waals surface area contributed by atoms with Gasteiger partial charge < -0.3 is 16.0 Å². The molecular weight excluding hydrogens is 329 g/mol. The topological polar surface area (TPSA) is 58.4 Å². The number of nitrogens with one attached hydrogen (secondary N) is 1. The normalized spacial score (nSPS) is 16.5. The predicted molar refractivity (Wildman–Crippen MR) is 92.5 cm³/mol. The quantitative estimate of drug-likeness (QED) is 0.820. The van der Waals surface area contributed by atoms with E-state index in [4.69, 9.17) is 28.9 Å². The second-order valence-electron chi connectivity index (χ2n) is 4.97. The van der Waals surface area contributed by atoms with Crippen LogP contribution in [0.4, 0.5) is 11.4 Å². The van der Waals surface area contributed by atoms with E-state index in [1.54, 1.807) is 12.1 Å². The summed E-state index contributed by atoms with van der Waals surface area (Å²) >= 11 is 14.1. The molecule has 1 saturated heterocycles. The second kappa shape index (κ2) is 8.13. The van der Waals surface area contributed by atoms with Crippen molar-refractivity contribution in [3.63, 3.8) is 0 Å². The van der Waals surface area contributed by atoms with Crippen molar-refractivity contribution < 1.29 is 4.79 Å². The standard InChI is InChI=1S/C14H19Cl2N3OS/c15-11-8-10(17)9-12(16)14(11)18-13(20)2-4-19-3-1-6-21-7-5-19/h8-9H,1-7,17H2,(H,18,20). The van der Waals surface area contributed by atoms with Gasteiger partial charge in [-0.2, -0.15) is 11.8 Å². The number of rotatable bonds is 4. The number of hydrogen-bond donors (Lipinski definition) is 2. The van der Waals surface area contributed by atoms with Gasteiger partial charge in [-0.05, 0) is 30.9 Å². The zero-order valence-electron chi connectivity index (χ0n) is 11.7. The Labute approximate surface area is 139 Å². The van der Waals surface area contributed by atoms with Crippen molar-refractivity contribution >= 4 is 52.2 Å². The average Bonchev–Trinajstić information content (AvgIpc) is 2.69. The SMILES string of the molecule is Nc1cc(Cl)c(NC(=O)CCN2CCCSCC2)c(Cl)c1. The minimum atomic E-state index is -0.0829. The number of hydrogen-bond acceptors (Lipinski definition) is 4. The highest BCUT2D eigenvalue weighted by Gasteiger charge is 2.14. The van der Waals surface area contributed by atoms with Crippen LogP contribution in [0.15, 0.2) is 12.1 Å². The highest BCUT2D eigenvalue weighted by molar-refractivity contribution is 7.99. The highest BCUT2D eigenvalue weighted by Crippen LogP contribution is 2.32. The monoisotopic (exact) mass is 347 g/mol. The van der Waals surface area contributed by atoms with E-state index in [2.05, 4.69) is 10.2 Å². The van der Waals surface area contributed by atoms with Gasteiger partial charge in [-0.1, -0.05) is 23.2 Å². The lowest BCUT2D eigenvalue weighted by Gasteiger charge is -2.19. The lowest BCUT2D eigenvalue weighted by atomic mass is 10.2. The van der Waals surface area contributed by atoms with Crippen LogP contribution in [0.5, 0.6) is 0 Å². The van der Waals surface area contributed by atoms with Crippen LogP contribution in [0.3, 0.4) is 0 Å². The maximum atomic E-state index is 12.0. The molecule has 116 valence electrons. The summed E-state index contributed by atoms with van der Waals surface area (Å²) in [5, 5.41) is 3.49. The molecular formula is C14H19Cl2N3OS. The molecule has 0 bridgehead atoms. The number of thioether (sulfide) groups is 1. The summed E-state index contributed by atoms with van der Waals surface area (Å²) in [5.41, 5.74) is 6.55. The molecule has 4 nitrogen and oxygen atoms in total. The summed E-state index contributed by atoms with van der Waals surface area (Å²) in [6.45, 7) is 2.86. The maximum Gasteiger partial charge on any atom is 0.225 e. The smallest absolute Gasteiger partial charge is 0.225 e. The number of nitrogens with zero attached hydrogens (tertiary/aromatic N) is 1. The fourth-order valence-corrected chi connectivity index (χ4v) is 3.72. The van der Waals surface area contributed by atoms with Crippen molar-refractivity contribution in [1.82, 2.24) is 4.90 Å². The van der Waals surface area contributed by atoms with Crippen LogP contribution in [-0.4, -0.2) is 41.9 Å². The molecule has 0 aromatic heterocycles. The van der Waals surface area contributed by atoms with Crippen molar-refractivity contribution in [2.75, 3.05) is 42.2 Å². The summed E-state index contributed by atoms with van der Waals surface area (Å²) in [6.07, 6.45) is 1.61. The van der Waals surface area contributed by atoms with Gasteiger partial charge in [-0.3, -0.25) is 4.79 Å². The number of anilines is 2. The van der Waals surface area contributed by atoms with Crippen molar-refractivity contribution in [3.05, 3.63) is 22.2 Å². The third-order valence-corrected chi connectivity index (χ3v) is 4.94. The number of nitrogens with two attached hydrogens (primary N) is 1. The summed E-state index contributed by atoms with van der Waals surface area (Å²) in [7, 11) is 0. The molecule has 0 saturated carbocycles. The molecule has 2 rings (SSSR count). The molecule has 1 heterocycles. The van der Waals surface area contributed by atoms with Gasteiger partial charge in [0.2, 0.25) is 5.91 Å².